The molecule has 1 heterocycles. The number of ether oxygens (including phenoxy) is 1. The molecule has 2 N–H and O–H groups in total. The molecule has 0 spiro atoms. The van der Waals surface area contributed by atoms with Gasteiger partial charge in [-0.05, 0) is 99.3 Å². The van der Waals surface area contributed by atoms with Crippen molar-refractivity contribution < 1.29 is 27.9 Å². The SMILES string of the molecule is CCSC.Cc1ccccc1-c1cc(COC(C)c2ccc(CCN(C)C)s2)ccc1C(=O)NC(CCS(C)(=O)=O)C(=O)O. The van der Waals surface area contributed by atoms with E-state index < -0.39 is 27.8 Å². The van der Waals surface area contributed by atoms with Crippen molar-refractivity contribution in [3.05, 3.63) is 81.0 Å². The lowest BCUT2D eigenvalue weighted by atomic mass is 9.93. The summed E-state index contributed by atoms with van der Waals surface area (Å²) in [6, 6.07) is 15.9. The quantitative estimate of drug-likeness (QED) is 0.201. The van der Waals surface area contributed by atoms with Gasteiger partial charge in [0.25, 0.3) is 5.91 Å². The number of carbonyl (C=O) groups is 2. The van der Waals surface area contributed by atoms with Crippen LogP contribution in [-0.2, 0) is 32.4 Å². The van der Waals surface area contributed by atoms with Crippen molar-refractivity contribution in [2.75, 3.05) is 44.7 Å². The first-order chi connectivity index (χ1) is 20.7. The Hall–Kier alpha value is -2.70. The number of hydrogen-bond acceptors (Lipinski definition) is 8. The van der Waals surface area contributed by atoms with E-state index in [9.17, 15) is 23.1 Å². The van der Waals surface area contributed by atoms with E-state index in [0.717, 1.165) is 40.8 Å². The number of rotatable bonds is 15. The summed E-state index contributed by atoms with van der Waals surface area (Å²) in [5.41, 5.74) is 3.63. The van der Waals surface area contributed by atoms with Crippen molar-refractivity contribution in [2.24, 2.45) is 0 Å². The van der Waals surface area contributed by atoms with Gasteiger partial charge in [0.05, 0.1) is 18.5 Å². The van der Waals surface area contributed by atoms with Gasteiger partial charge in [-0.3, -0.25) is 4.79 Å². The Labute approximate surface area is 271 Å². The van der Waals surface area contributed by atoms with Gasteiger partial charge in [-0.15, -0.1) is 11.3 Å². The van der Waals surface area contributed by atoms with Crippen molar-refractivity contribution in [1.82, 2.24) is 10.2 Å². The Balaban J connectivity index is 0.00000159. The van der Waals surface area contributed by atoms with E-state index in [0.29, 0.717) is 17.7 Å². The maximum absolute atomic E-state index is 13.3. The number of nitrogens with zero attached hydrogens (tertiary/aromatic N) is 1. The van der Waals surface area contributed by atoms with Crippen molar-refractivity contribution in [3.63, 3.8) is 0 Å². The van der Waals surface area contributed by atoms with Crippen LogP contribution < -0.4 is 5.32 Å². The number of carboxylic acids is 1. The summed E-state index contributed by atoms with van der Waals surface area (Å²) in [5.74, 6) is -0.971. The first-order valence-electron chi connectivity index (χ1n) is 14.5. The molecule has 3 rings (SSSR count). The number of thiophene rings is 1. The fourth-order valence-electron chi connectivity index (χ4n) is 4.19. The summed E-state index contributed by atoms with van der Waals surface area (Å²) >= 11 is 3.61. The third-order valence-electron chi connectivity index (χ3n) is 6.82. The van der Waals surface area contributed by atoms with Gasteiger partial charge in [0.2, 0.25) is 0 Å². The number of carbonyl (C=O) groups excluding carboxylic acids is 1. The molecule has 2 unspecified atom stereocenters. The minimum absolute atomic E-state index is 0.103. The standard InChI is InChI=1S/C30H38N2O6S2.C3H8S/c1-20-8-6-7-9-24(20)26-18-22(19-38-21(2)28-13-11-23(39-28)14-16-32(3)4)10-12-25(26)29(33)31-27(30(34)35)15-17-40(5,36)37;1-3-4-2/h6-13,18,21,27H,14-17,19H2,1-5H3,(H,31,33)(H,34,35);3H2,1-2H3. The minimum atomic E-state index is -3.38. The van der Waals surface area contributed by atoms with Crippen molar-refractivity contribution in [3.8, 4) is 11.1 Å². The highest BCUT2D eigenvalue weighted by Gasteiger charge is 2.24. The second-order valence-corrected chi connectivity index (χ2v) is 15.5. The molecule has 0 fully saturated rings. The monoisotopic (exact) mass is 662 g/mol. The number of nitrogens with one attached hydrogen (secondary N) is 1. The third kappa shape index (κ3) is 12.7. The van der Waals surface area contributed by atoms with Crippen LogP contribution in [0.5, 0.6) is 0 Å². The number of benzene rings is 2. The lowest BCUT2D eigenvalue weighted by Gasteiger charge is -2.18. The summed E-state index contributed by atoms with van der Waals surface area (Å²) in [6.45, 7) is 7.43. The second-order valence-electron chi connectivity index (χ2n) is 10.9. The average Bonchev–Trinajstić information content (AvgIpc) is 3.46. The molecule has 2 aromatic carbocycles. The van der Waals surface area contributed by atoms with Gasteiger partial charge >= 0.3 is 5.97 Å². The Bertz CT molecular complexity index is 1470. The molecule has 0 saturated heterocycles. The van der Waals surface area contributed by atoms with Gasteiger partial charge in [-0.25, -0.2) is 13.2 Å². The normalized spacial score (nSPS) is 12.7. The van der Waals surface area contributed by atoms with E-state index >= 15 is 0 Å². The smallest absolute Gasteiger partial charge is 0.326 e. The topological polar surface area (TPSA) is 113 Å². The van der Waals surface area contributed by atoms with E-state index in [1.807, 2.05) is 55.9 Å². The van der Waals surface area contributed by atoms with E-state index in [1.54, 1.807) is 23.5 Å². The molecule has 11 heteroatoms. The van der Waals surface area contributed by atoms with Crippen LogP contribution in [0.4, 0.5) is 0 Å². The maximum atomic E-state index is 13.3. The molecule has 242 valence electrons. The number of thioether (sulfide) groups is 1. The van der Waals surface area contributed by atoms with Crippen LogP contribution >= 0.6 is 23.1 Å². The van der Waals surface area contributed by atoms with Crippen molar-refractivity contribution in [2.45, 2.75) is 52.4 Å². The highest BCUT2D eigenvalue weighted by Crippen LogP contribution is 2.30. The van der Waals surface area contributed by atoms with Crippen molar-refractivity contribution in [1.29, 1.82) is 0 Å². The lowest BCUT2D eigenvalue weighted by Crippen LogP contribution is -2.42. The molecule has 1 aromatic heterocycles. The summed E-state index contributed by atoms with van der Waals surface area (Å²) in [5, 5.41) is 12.1. The van der Waals surface area contributed by atoms with E-state index in [1.165, 1.54) is 10.6 Å². The van der Waals surface area contributed by atoms with Gasteiger partial charge in [0.15, 0.2) is 0 Å². The van der Waals surface area contributed by atoms with Crippen LogP contribution in [0.25, 0.3) is 11.1 Å². The van der Waals surface area contributed by atoms with Crippen LogP contribution in [0.15, 0.2) is 54.6 Å². The Morgan fingerprint density at radius 1 is 1.09 bits per heavy atom. The molecule has 2 atom stereocenters. The van der Waals surface area contributed by atoms with Crippen LogP contribution in [0.1, 0.15) is 57.6 Å². The molecule has 8 nitrogen and oxygen atoms in total. The zero-order chi connectivity index (χ0) is 32.9. The molecule has 0 aliphatic rings. The summed E-state index contributed by atoms with van der Waals surface area (Å²) in [6.07, 6.45) is 3.80. The van der Waals surface area contributed by atoms with E-state index in [-0.39, 0.29) is 18.3 Å². The number of hydrogen-bond donors (Lipinski definition) is 2. The first kappa shape index (κ1) is 37.5. The summed E-state index contributed by atoms with van der Waals surface area (Å²) in [4.78, 5) is 29.7. The summed E-state index contributed by atoms with van der Waals surface area (Å²) in [7, 11) is 0.735. The lowest BCUT2D eigenvalue weighted by molar-refractivity contribution is -0.139. The van der Waals surface area contributed by atoms with E-state index in [2.05, 4.69) is 49.6 Å². The van der Waals surface area contributed by atoms with Gasteiger partial charge in [0, 0.05) is 28.1 Å². The molecule has 0 aliphatic heterocycles. The number of amides is 1. The average molecular weight is 663 g/mol. The predicted molar refractivity (Wildman–Crippen MR) is 184 cm³/mol. The predicted octanol–water partition coefficient (Wildman–Crippen LogP) is 6.09. The minimum Gasteiger partial charge on any atom is -0.480 e. The van der Waals surface area contributed by atoms with E-state index in [4.69, 9.17) is 4.74 Å². The summed E-state index contributed by atoms with van der Waals surface area (Å²) < 4.78 is 29.3. The molecule has 1 amide bonds. The number of carboxylic acid groups (broad SMARTS) is 1. The van der Waals surface area contributed by atoms with Crippen LogP contribution in [0.2, 0.25) is 0 Å². The van der Waals surface area contributed by atoms with Gasteiger partial charge in [0.1, 0.15) is 15.9 Å². The van der Waals surface area contributed by atoms with Gasteiger partial charge in [-0.1, -0.05) is 37.3 Å². The number of sulfone groups is 1. The fourth-order valence-corrected chi connectivity index (χ4v) is 5.85. The zero-order valence-corrected chi connectivity index (χ0v) is 29.2. The molecule has 44 heavy (non-hydrogen) atoms. The number of aryl methyl sites for hydroxylation is 1. The molecule has 0 saturated carbocycles. The number of likely N-dealkylation sites (N-methyl/N-ethyl adjacent to an activating group) is 1. The molecule has 3 aromatic rings. The third-order valence-corrected chi connectivity index (χ3v) is 9.68. The van der Waals surface area contributed by atoms with Crippen LogP contribution in [0, 0.1) is 6.92 Å². The number of aliphatic carboxylic acids is 1. The largest absolute Gasteiger partial charge is 0.480 e. The first-order valence-corrected chi connectivity index (χ1v) is 18.8. The van der Waals surface area contributed by atoms with Crippen molar-refractivity contribution >= 4 is 44.8 Å². The highest BCUT2D eigenvalue weighted by molar-refractivity contribution is 7.98. The Morgan fingerprint density at radius 3 is 2.36 bits per heavy atom. The van der Waals surface area contributed by atoms with Gasteiger partial charge < -0.3 is 20.1 Å². The van der Waals surface area contributed by atoms with Crippen LogP contribution in [0.3, 0.4) is 0 Å². The fraction of sp³-hybridized carbons (Fsp3) is 0.455. The molecule has 0 radical (unpaired) electrons. The molecular weight excluding hydrogens is 617 g/mol. The van der Waals surface area contributed by atoms with Crippen LogP contribution in [-0.4, -0.2) is 81.0 Å². The molecule has 0 aliphatic carbocycles. The highest BCUT2D eigenvalue weighted by atomic mass is 32.2. The zero-order valence-electron chi connectivity index (χ0n) is 26.8. The van der Waals surface area contributed by atoms with Gasteiger partial charge in [-0.2, -0.15) is 11.8 Å². The molecule has 0 bridgehead atoms. The maximum Gasteiger partial charge on any atom is 0.326 e. The molecular formula is C33H46N2O6S3. The second kappa shape index (κ2) is 18.3. The Kier molecular flexibility index (Phi) is 15.6. The Morgan fingerprint density at radius 2 is 1.77 bits per heavy atom.